The predicted octanol–water partition coefficient (Wildman–Crippen LogP) is -2.98. The fourth-order valence-corrected chi connectivity index (χ4v) is 3.20. The highest BCUT2D eigenvalue weighted by Crippen LogP contribution is 2.06. The molecule has 0 fully saturated rings. The van der Waals surface area contributed by atoms with Crippen LogP contribution in [0.15, 0.2) is 17.5 Å². The van der Waals surface area contributed by atoms with Crippen LogP contribution in [-0.4, -0.2) is 82.0 Å². The second kappa shape index (κ2) is 16.0. The number of aromatic nitrogens is 2. The van der Waals surface area contributed by atoms with E-state index in [-0.39, 0.29) is 31.8 Å². The molecule has 0 aliphatic rings. The number of aliphatic imine (C=N–C) groups is 1. The predicted molar refractivity (Wildman–Crippen MR) is 132 cm³/mol. The van der Waals surface area contributed by atoms with Gasteiger partial charge in [0.2, 0.25) is 17.7 Å². The standard InChI is InChI=1S/C21H38N10O5/c1-12(23)17(32)29-14(6-4-8-27-21(24)25)18(33)31-16(9-13-10-26-11-28-13)19(34)30-15(20(35)36)5-2-3-7-22/h10-12,14-16H,2-9,22-23H2,1H3,(H,26,28)(H,29,32)(H,30,34)(H,31,33)(H,35,36)(H4,24,25,27). The zero-order valence-corrected chi connectivity index (χ0v) is 20.4. The van der Waals surface area contributed by atoms with Gasteiger partial charge in [-0.2, -0.15) is 0 Å². The summed E-state index contributed by atoms with van der Waals surface area (Å²) >= 11 is 0. The molecule has 0 aliphatic carbocycles. The summed E-state index contributed by atoms with van der Waals surface area (Å²) in [5, 5.41) is 17.1. The monoisotopic (exact) mass is 510 g/mol. The number of nitrogens with zero attached hydrogens (tertiary/aromatic N) is 2. The van der Waals surface area contributed by atoms with Gasteiger partial charge in [0.25, 0.3) is 0 Å². The molecule has 0 aliphatic heterocycles. The zero-order valence-electron chi connectivity index (χ0n) is 20.4. The number of hydrogen-bond acceptors (Lipinski definition) is 8. The van der Waals surface area contributed by atoms with Gasteiger partial charge in [0, 0.05) is 24.9 Å². The van der Waals surface area contributed by atoms with E-state index in [2.05, 4.69) is 30.9 Å². The Morgan fingerprint density at radius 3 is 2.17 bits per heavy atom. The number of carbonyl (C=O) groups excluding carboxylic acids is 3. The van der Waals surface area contributed by atoms with Gasteiger partial charge in [-0.05, 0) is 45.6 Å². The number of imidazole rings is 1. The van der Waals surface area contributed by atoms with Crippen LogP contribution in [0, 0.1) is 0 Å². The van der Waals surface area contributed by atoms with E-state index in [1.54, 1.807) is 0 Å². The Labute approximate surface area is 209 Å². The maximum Gasteiger partial charge on any atom is 0.326 e. The molecule has 13 N–H and O–H groups in total. The van der Waals surface area contributed by atoms with E-state index < -0.39 is 47.9 Å². The maximum absolute atomic E-state index is 13.1. The molecule has 0 saturated carbocycles. The summed E-state index contributed by atoms with van der Waals surface area (Å²) in [6, 6.07) is -4.21. The highest BCUT2D eigenvalue weighted by Gasteiger charge is 2.30. The molecular weight excluding hydrogens is 472 g/mol. The third kappa shape index (κ3) is 11.6. The lowest BCUT2D eigenvalue weighted by Gasteiger charge is -2.24. The summed E-state index contributed by atoms with van der Waals surface area (Å²) < 4.78 is 0. The minimum atomic E-state index is -1.20. The number of nitrogens with two attached hydrogens (primary N) is 4. The molecule has 3 amide bonds. The number of aliphatic carboxylic acids is 1. The number of carboxylic acids is 1. The molecule has 4 atom stereocenters. The van der Waals surface area contributed by atoms with Gasteiger partial charge in [-0.3, -0.25) is 19.4 Å². The van der Waals surface area contributed by atoms with Gasteiger partial charge in [-0.15, -0.1) is 0 Å². The molecule has 1 rings (SSSR count). The number of carbonyl (C=O) groups is 4. The third-order valence-electron chi connectivity index (χ3n) is 5.17. The van der Waals surface area contributed by atoms with E-state index in [1.807, 2.05) is 0 Å². The number of guanidine groups is 1. The van der Waals surface area contributed by atoms with Crippen molar-refractivity contribution >= 4 is 29.7 Å². The molecule has 1 aromatic heterocycles. The van der Waals surface area contributed by atoms with Crippen molar-refractivity contribution in [3.05, 3.63) is 18.2 Å². The Hall–Kier alpha value is -3.72. The highest BCUT2D eigenvalue weighted by molar-refractivity contribution is 5.94. The quantitative estimate of drug-likeness (QED) is 0.0582. The maximum atomic E-state index is 13.1. The van der Waals surface area contributed by atoms with E-state index in [9.17, 15) is 24.3 Å². The van der Waals surface area contributed by atoms with Gasteiger partial charge in [-0.25, -0.2) is 9.78 Å². The number of H-pyrrole nitrogens is 1. The molecule has 0 saturated heterocycles. The van der Waals surface area contributed by atoms with Gasteiger partial charge >= 0.3 is 5.97 Å². The largest absolute Gasteiger partial charge is 0.480 e. The minimum Gasteiger partial charge on any atom is -0.480 e. The first-order valence-corrected chi connectivity index (χ1v) is 11.7. The second-order valence-electron chi connectivity index (χ2n) is 8.32. The molecule has 1 aromatic rings. The number of rotatable bonds is 17. The van der Waals surface area contributed by atoms with Gasteiger partial charge in [0.15, 0.2) is 5.96 Å². The van der Waals surface area contributed by atoms with E-state index >= 15 is 0 Å². The van der Waals surface area contributed by atoms with Crippen LogP contribution in [0.1, 0.15) is 44.7 Å². The molecule has 0 bridgehead atoms. The fraction of sp³-hybridized carbons (Fsp3) is 0.619. The first-order chi connectivity index (χ1) is 17.0. The van der Waals surface area contributed by atoms with E-state index in [4.69, 9.17) is 22.9 Å². The lowest BCUT2D eigenvalue weighted by atomic mass is 10.1. The van der Waals surface area contributed by atoms with E-state index in [1.165, 1.54) is 19.4 Å². The van der Waals surface area contributed by atoms with Gasteiger partial charge in [0.05, 0.1) is 12.4 Å². The Morgan fingerprint density at radius 1 is 1.00 bits per heavy atom. The van der Waals surface area contributed by atoms with Gasteiger partial charge in [-0.1, -0.05) is 0 Å². The van der Waals surface area contributed by atoms with Crippen LogP contribution in [0.3, 0.4) is 0 Å². The summed E-state index contributed by atoms with van der Waals surface area (Å²) in [4.78, 5) is 60.6. The number of nitrogens with one attached hydrogen (secondary N) is 4. The third-order valence-corrected chi connectivity index (χ3v) is 5.17. The Balaban J connectivity index is 3.02. The highest BCUT2D eigenvalue weighted by atomic mass is 16.4. The van der Waals surface area contributed by atoms with Crippen LogP contribution >= 0.6 is 0 Å². The Bertz CT molecular complexity index is 870. The van der Waals surface area contributed by atoms with Crippen LogP contribution in [0.2, 0.25) is 0 Å². The van der Waals surface area contributed by atoms with Crippen molar-refractivity contribution in [2.24, 2.45) is 27.9 Å². The fourth-order valence-electron chi connectivity index (χ4n) is 3.20. The molecule has 0 radical (unpaired) electrons. The summed E-state index contributed by atoms with van der Waals surface area (Å²) in [6.45, 7) is 2.09. The molecule has 0 aromatic carbocycles. The average molecular weight is 511 g/mol. The minimum absolute atomic E-state index is 0.00860. The normalized spacial score (nSPS) is 14.1. The Morgan fingerprint density at radius 2 is 1.61 bits per heavy atom. The molecule has 36 heavy (non-hydrogen) atoms. The van der Waals surface area contributed by atoms with Crippen molar-refractivity contribution < 1.29 is 24.3 Å². The van der Waals surface area contributed by atoms with Crippen molar-refractivity contribution in [2.45, 2.75) is 69.6 Å². The van der Waals surface area contributed by atoms with Crippen molar-refractivity contribution in [2.75, 3.05) is 13.1 Å². The molecule has 1 heterocycles. The van der Waals surface area contributed by atoms with Crippen molar-refractivity contribution in [3.8, 4) is 0 Å². The smallest absolute Gasteiger partial charge is 0.326 e. The summed E-state index contributed by atoms with van der Waals surface area (Å²) in [5.74, 6) is -3.21. The topological polar surface area (TPSA) is 270 Å². The van der Waals surface area contributed by atoms with E-state index in [0.29, 0.717) is 31.5 Å². The summed E-state index contributed by atoms with van der Waals surface area (Å²) in [6.07, 6.45) is 4.71. The first-order valence-electron chi connectivity index (χ1n) is 11.7. The SMILES string of the molecule is CC(N)C(=O)NC(CCCN=C(N)N)C(=O)NC(Cc1cnc[nH]1)C(=O)NC(CCCCN)C(=O)O. The second-order valence-corrected chi connectivity index (χ2v) is 8.32. The van der Waals surface area contributed by atoms with Crippen LogP contribution in [-0.2, 0) is 25.6 Å². The first kappa shape index (κ1) is 30.3. The van der Waals surface area contributed by atoms with Crippen LogP contribution in [0.5, 0.6) is 0 Å². The number of amides is 3. The number of unbranched alkanes of at least 4 members (excludes halogenated alkanes) is 1. The van der Waals surface area contributed by atoms with E-state index in [0.717, 1.165) is 0 Å². The van der Waals surface area contributed by atoms with Crippen molar-refractivity contribution in [1.29, 1.82) is 0 Å². The van der Waals surface area contributed by atoms with Crippen LogP contribution in [0.4, 0.5) is 0 Å². The molecule has 202 valence electrons. The van der Waals surface area contributed by atoms with Gasteiger partial charge in [0.1, 0.15) is 18.1 Å². The summed E-state index contributed by atoms with van der Waals surface area (Å²) in [5.41, 5.74) is 22.2. The van der Waals surface area contributed by atoms with Gasteiger partial charge < -0.3 is 49.0 Å². The molecular formula is C21H38N10O5. The van der Waals surface area contributed by atoms with Crippen molar-refractivity contribution in [3.63, 3.8) is 0 Å². The number of hydrogen-bond donors (Lipinski definition) is 9. The lowest BCUT2D eigenvalue weighted by Crippen LogP contribution is -2.57. The molecule has 15 heteroatoms. The average Bonchev–Trinajstić information content (AvgIpc) is 3.32. The van der Waals surface area contributed by atoms with Crippen LogP contribution in [0.25, 0.3) is 0 Å². The molecule has 0 spiro atoms. The van der Waals surface area contributed by atoms with Crippen LogP contribution < -0.4 is 38.9 Å². The number of aromatic amines is 1. The zero-order chi connectivity index (χ0) is 27.1. The lowest BCUT2D eigenvalue weighted by molar-refractivity contribution is -0.142. The van der Waals surface area contributed by atoms with Crippen molar-refractivity contribution in [1.82, 2.24) is 25.9 Å². The summed E-state index contributed by atoms with van der Waals surface area (Å²) in [7, 11) is 0. The Kier molecular flexibility index (Phi) is 13.5. The molecule has 15 nitrogen and oxygen atoms in total. The molecule has 4 unspecified atom stereocenters. The number of carboxylic acid groups (broad SMARTS) is 1.